The molecule has 0 unspecified atom stereocenters. The highest BCUT2D eigenvalue weighted by molar-refractivity contribution is 5.94. The van der Waals surface area contributed by atoms with E-state index in [1.807, 2.05) is 30.3 Å². The van der Waals surface area contributed by atoms with Crippen LogP contribution in [0.5, 0.6) is 5.75 Å². The average Bonchev–Trinajstić information content (AvgIpc) is 2.83. The van der Waals surface area contributed by atoms with Gasteiger partial charge in [0.05, 0.1) is 7.11 Å². The number of amides is 1. The standard InChI is InChI=1S/C25H35N5O2/c1-5-26-25(27-13-12-20-8-6-9-21(18-20)24(31)28(2)3)30-16-14-29(15-17-30)22-10-7-11-23(19-22)32-4/h6-11,18-19H,5,12-17H2,1-4H3,(H,26,27). The molecule has 32 heavy (non-hydrogen) atoms. The number of hydrogen-bond acceptors (Lipinski definition) is 4. The number of aliphatic imine (C=N–C) groups is 1. The number of nitrogens with one attached hydrogen (secondary N) is 1. The summed E-state index contributed by atoms with van der Waals surface area (Å²) >= 11 is 0. The third-order valence-corrected chi connectivity index (χ3v) is 5.57. The molecule has 2 aromatic rings. The molecule has 2 aromatic carbocycles. The van der Waals surface area contributed by atoms with Gasteiger partial charge in [-0.15, -0.1) is 0 Å². The van der Waals surface area contributed by atoms with Crippen LogP contribution in [0.3, 0.4) is 0 Å². The molecule has 0 aromatic heterocycles. The molecule has 172 valence electrons. The number of anilines is 1. The van der Waals surface area contributed by atoms with E-state index in [2.05, 4.69) is 40.2 Å². The van der Waals surface area contributed by atoms with Gasteiger partial charge < -0.3 is 24.8 Å². The number of hydrogen-bond donors (Lipinski definition) is 1. The molecular formula is C25H35N5O2. The zero-order valence-electron chi connectivity index (χ0n) is 19.7. The van der Waals surface area contributed by atoms with Crippen molar-refractivity contribution >= 4 is 17.6 Å². The molecule has 0 radical (unpaired) electrons. The smallest absolute Gasteiger partial charge is 0.253 e. The maximum Gasteiger partial charge on any atom is 0.253 e. The lowest BCUT2D eigenvalue weighted by Gasteiger charge is -2.37. The molecule has 7 heteroatoms. The molecule has 1 aliphatic heterocycles. The van der Waals surface area contributed by atoms with Crippen LogP contribution in [-0.2, 0) is 6.42 Å². The summed E-state index contributed by atoms with van der Waals surface area (Å²) in [7, 11) is 5.25. The van der Waals surface area contributed by atoms with E-state index < -0.39 is 0 Å². The van der Waals surface area contributed by atoms with Gasteiger partial charge in [-0.05, 0) is 43.2 Å². The Kier molecular flexibility index (Phi) is 8.36. The Morgan fingerprint density at radius 1 is 1.09 bits per heavy atom. The fourth-order valence-corrected chi connectivity index (χ4v) is 3.82. The second-order valence-electron chi connectivity index (χ2n) is 8.06. The highest BCUT2D eigenvalue weighted by atomic mass is 16.5. The zero-order valence-corrected chi connectivity index (χ0v) is 19.7. The van der Waals surface area contributed by atoms with Gasteiger partial charge in [0.2, 0.25) is 0 Å². The van der Waals surface area contributed by atoms with E-state index in [9.17, 15) is 4.79 Å². The first-order valence-corrected chi connectivity index (χ1v) is 11.2. The minimum atomic E-state index is 0.0256. The summed E-state index contributed by atoms with van der Waals surface area (Å²) < 4.78 is 5.36. The number of guanidine groups is 1. The normalized spacial score (nSPS) is 14.3. The molecule has 0 bridgehead atoms. The summed E-state index contributed by atoms with van der Waals surface area (Å²) in [6.45, 7) is 7.31. The van der Waals surface area contributed by atoms with Crippen LogP contribution in [0.4, 0.5) is 5.69 Å². The van der Waals surface area contributed by atoms with Crippen LogP contribution in [0, 0.1) is 0 Å². The predicted octanol–water partition coefficient (Wildman–Crippen LogP) is 2.73. The molecule has 0 saturated carbocycles. The van der Waals surface area contributed by atoms with E-state index in [-0.39, 0.29) is 5.91 Å². The SMILES string of the molecule is CCNC(=NCCc1cccc(C(=O)N(C)C)c1)N1CCN(c2cccc(OC)c2)CC1. The fraction of sp³-hybridized carbons (Fsp3) is 0.440. The van der Waals surface area contributed by atoms with Gasteiger partial charge in [-0.3, -0.25) is 9.79 Å². The summed E-state index contributed by atoms with van der Waals surface area (Å²) in [4.78, 5) is 23.4. The third kappa shape index (κ3) is 6.15. The van der Waals surface area contributed by atoms with Crippen LogP contribution >= 0.6 is 0 Å². The van der Waals surface area contributed by atoms with Crippen molar-refractivity contribution in [3.63, 3.8) is 0 Å². The lowest BCUT2D eigenvalue weighted by molar-refractivity contribution is 0.0827. The van der Waals surface area contributed by atoms with Gasteiger partial charge in [0.1, 0.15) is 5.75 Å². The number of piperazine rings is 1. The van der Waals surface area contributed by atoms with Crippen molar-refractivity contribution in [1.82, 2.24) is 15.1 Å². The first kappa shape index (κ1) is 23.4. The number of carbonyl (C=O) groups is 1. The summed E-state index contributed by atoms with van der Waals surface area (Å²) in [5.74, 6) is 1.87. The maximum absolute atomic E-state index is 12.2. The molecule has 0 atom stereocenters. The highest BCUT2D eigenvalue weighted by Gasteiger charge is 2.20. The number of carbonyl (C=O) groups excluding carboxylic acids is 1. The number of ether oxygens (including phenoxy) is 1. The molecular weight excluding hydrogens is 402 g/mol. The van der Waals surface area contributed by atoms with Crippen molar-refractivity contribution in [3.05, 3.63) is 59.7 Å². The summed E-state index contributed by atoms with van der Waals surface area (Å²) in [6, 6.07) is 16.1. The van der Waals surface area contributed by atoms with Gasteiger partial charge >= 0.3 is 0 Å². The molecule has 1 aliphatic rings. The van der Waals surface area contributed by atoms with Crippen molar-refractivity contribution in [2.45, 2.75) is 13.3 Å². The van der Waals surface area contributed by atoms with Crippen LogP contribution in [0.15, 0.2) is 53.5 Å². The quantitative estimate of drug-likeness (QED) is 0.533. The summed E-state index contributed by atoms with van der Waals surface area (Å²) in [6.07, 6.45) is 0.799. The molecule has 0 spiro atoms. The fourth-order valence-electron chi connectivity index (χ4n) is 3.82. The van der Waals surface area contributed by atoms with Gasteiger partial charge in [0.15, 0.2) is 5.96 Å². The Labute approximate surface area is 191 Å². The summed E-state index contributed by atoms with van der Waals surface area (Å²) in [5, 5.41) is 3.43. The number of methoxy groups -OCH3 is 1. The molecule has 1 saturated heterocycles. The second-order valence-corrected chi connectivity index (χ2v) is 8.06. The van der Waals surface area contributed by atoms with Crippen molar-refractivity contribution in [2.75, 3.05) is 65.4 Å². The van der Waals surface area contributed by atoms with Crippen LogP contribution in [0.2, 0.25) is 0 Å². The molecule has 1 fully saturated rings. The van der Waals surface area contributed by atoms with Crippen LogP contribution in [0.1, 0.15) is 22.8 Å². The average molecular weight is 438 g/mol. The Balaban J connectivity index is 1.58. The molecule has 1 amide bonds. The Hall–Kier alpha value is -3.22. The van der Waals surface area contributed by atoms with Crippen LogP contribution < -0.4 is 15.0 Å². The first-order valence-electron chi connectivity index (χ1n) is 11.2. The van der Waals surface area contributed by atoms with E-state index in [1.165, 1.54) is 5.69 Å². The van der Waals surface area contributed by atoms with E-state index in [0.717, 1.165) is 62.0 Å². The van der Waals surface area contributed by atoms with Crippen molar-refractivity contribution in [3.8, 4) is 5.75 Å². The molecule has 0 aliphatic carbocycles. The lowest BCUT2D eigenvalue weighted by atomic mass is 10.1. The minimum Gasteiger partial charge on any atom is -0.497 e. The Morgan fingerprint density at radius 3 is 2.53 bits per heavy atom. The van der Waals surface area contributed by atoms with Gasteiger partial charge in [0.25, 0.3) is 5.91 Å². The number of benzene rings is 2. The summed E-state index contributed by atoms with van der Waals surface area (Å²) in [5.41, 5.74) is 3.04. The van der Waals surface area contributed by atoms with E-state index in [4.69, 9.17) is 9.73 Å². The van der Waals surface area contributed by atoms with Crippen LogP contribution in [-0.4, -0.2) is 82.1 Å². The predicted molar refractivity (Wildman–Crippen MR) is 131 cm³/mol. The number of rotatable bonds is 7. The first-order chi connectivity index (χ1) is 15.5. The maximum atomic E-state index is 12.2. The largest absolute Gasteiger partial charge is 0.497 e. The molecule has 1 N–H and O–H groups in total. The topological polar surface area (TPSA) is 60.4 Å². The van der Waals surface area contributed by atoms with Crippen molar-refractivity contribution < 1.29 is 9.53 Å². The third-order valence-electron chi connectivity index (χ3n) is 5.57. The van der Waals surface area contributed by atoms with Gasteiger partial charge in [-0.25, -0.2) is 0 Å². The van der Waals surface area contributed by atoms with Gasteiger partial charge in [-0.2, -0.15) is 0 Å². The van der Waals surface area contributed by atoms with E-state index in [0.29, 0.717) is 6.54 Å². The van der Waals surface area contributed by atoms with Crippen LogP contribution in [0.25, 0.3) is 0 Å². The molecule has 1 heterocycles. The second kappa shape index (κ2) is 11.4. The molecule has 7 nitrogen and oxygen atoms in total. The van der Waals surface area contributed by atoms with E-state index >= 15 is 0 Å². The van der Waals surface area contributed by atoms with Crippen molar-refractivity contribution in [1.29, 1.82) is 0 Å². The monoisotopic (exact) mass is 437 g/mol. The van der Waals surface area contributed by atoms with Gasteiger partial charge in [0, 0.05) is 70.7 Å². The molecule has 3 rings (SSSR count). The zero-order chi connectivity index (χ0) is 22.9. The lowest BCUT2D eigenvalue weighted by Crippen LogP contribution is -2.52. The highest BCUT2D eigenvalue weighted by Crippen LogP contribution is 2.22. The van der Waals surface area contributed by atoms with E-state index in [1.54, 1.807) is 26.1 Å². The van der Waals surface area contributed by atoms with Crippen molar-refractivity contribution in [2.24, 2.45) is 4.99 Å². The minimum absolute atomic E-state index is 0.0256. The Bertz CT molecular complexity index is 920. The van der Waals surface area contributed by atoms with Gasteiger partial charge in [-0.1, -0.05) is 18.2 Å². The Morgan fingerprint density at radius 2 is 1.84 bits per heavy atom. The number of nitrogens with zero attached hydrogens (tertiary/aromatic N) is 4.